The van der Waals surface area contributed by atoms with Gasteiger partial charge in [-0.15, -0.1) is 0 Å². The Morgan fingerprint density at radius 2 is 1.67 bits per heavy atom. The smallest absolute Gasteiger partial charge is 0.249 e. The predicted octanol–water partition coefficient (Wildman–Crippen LogP) is 1.98. The molecular formula is C11H17O3P. The van der Waals surface area contributed by atoms with Gasteiger partial charge in [0.25, 0.3) is 0 Å². The van der Waals surface area contributed by atoms with Gasteiger partial charge < -0.3 is 15.0 Å². The van der Waals surface area contributed by atoms with E-state index in [-0.39, 0.29) is 0 Å². The molecule has 1 rings (SSSR count). The van der Waals surface area contributed by atoms with E-state index in [0.717, 1.165) is 0 Å². The van der Waals surface area contributed by atoms with E-state index in [1.807, 2.05) is 0 Å². The minimum atomic E-state index is -2.08. The maximum atomic E-state index is 8.44. The van der Waals surface area contributed by atoms with Crippen LogP contribution >= 0.6 is 7.26 Å². The van der Waals surface area contributed by atoms with Crippen LogP contribution in [-0.2, 0) is 6.16 Å². The van der Waals surface area contributed by atoms with Gasteiger partial charge in [-0.25, -0.2) is 0 Å². The van der Waals surface area contributed by atoms with Crippen LogP contribution in [0.3, 0.4) is 0 Å². The van der Waals surface area contributed by atoms with E-state index in [2.05, 4.69) is 50.3 Å². The first-order valence-electron chi connectivity index (χ1n) is 4.55. The number of carbonyl (C=O) groups is 1. The zero-order valence-corrected chi connectivity index (χ0v) is 10.2. The zero-order chi connectivity index (χ0) is 11.9. The van der Waals surface area contributed by atoms with Crippen LogP contribution in [0.25, 0.3) is 0 Å². The second kappa shape index (κ2) is 6.41. The Kier molecular flexibility index (Phi) is 5.95. The van der Waals surface area contributed by atoms with Gasteiger partial charge in [0.2, 0.25) is 6.16 Å². The maximum absolute atomic E-state index is 8.44. The van der Waals surface area contributed by atoms with Crippen molar-refractivity contribution in [3.63, 3.8) is 0 Å². The van der Waals surface area contributed by atoms with Gasteiger partial charge in [-0.1, -0.05) is 30.3 Å². The Morgan fingerprint density at radius 3 is 2.00 bits per heavy atom. The van der Waals surface area contributed by atoms with Crippen LogP contribution in [-0.4, -0.2) is 31.3 Å². The van der Waals surface area contributed by atoms with Crippen molar-refractivity contribution in [3.8, 4) is 0 Å². The molecule has 0 unspecified atom stereocenters. The number of benzene rings is 1. The van der Waals surface area contributed by atoms with Gasteiger partial charge in [-0.3, -0.25) is 0 Å². The van der Waals surface area contributed by atoms with Gasteiger partial charge in [0.1, 0.15) is 0 Å². The standard InChI is InChI=1S/C10H16P.CH2O3/c1-11(2,3)9-10-7-5-4-6-8-10;2-1(3)4/h4-8H,9H2,1-3H3;(H2,2,3,4)/q+1;/p-1. The minimum absolute atomic E-state index is 0.638. The van der Waals surface area contributed by atoms with Gasteiger partial charge >= 0.3 is 0 Å². The van der Waals surface area contributed by atoms with Gasteiger partial charge in [-0.05, 0) is 5.56 Å². The summed E-state index contributed by atoms with van der Waals surface area (Å²) in [6, 6.07) is 10.7. The molecule has 0 saturated heterocycles. The van der Waals surface area contributed by atoms with E-state index >= 15 is 0 Å². The van der Waals surface area contributed by atoms with Crippen molar-refractivity contribution in [1.29, 1.82) is 0 Å². The molecular weight excluding hydrogens is 211 g/mol. The highest BCUT2D eigenvalue weighted by molar-refractivity contribution is 7.72. The second-order valence-electron chi connectivity index (χ2n) is 4.20. The lowest BCUT2D eigenvalue weighted by molar-refractivity contribution is -0.275. The maximum Gasteiger partial charge on any atom is 0.249 e. The average molecular weight is 228 g/mol. The fraction of sp³-hybridized carbons (Fsp3) is 0.364. The van der Waals surface area contributed by atoms with Gasteiger partial charge in [0.15, 0.2) is 0 Å². The summed E-state index contributed by atoms with van der Waals surface area (Å²) in [5.74, 6) is 0. The number of rotatable bonds is 2. The summed E-state index contributed by atoms with van der Waals surface area (Å²) >= 11 is 0. The van der Waals surface area contributed by atoms with Crippen LogP contribution in [0.1, 0.15) is 5.56 Å². The van der Waals surface area contributed by atoms with E-state index in [1.165, 1.54) is 11.7 Å². The molecule has 0 heterocycles. The van der Waals surface area contributed by atoms with E-state index in [1.54, 1.807) is 0 Å². The van der Waals surface area contributed by atoms with Crippen LogP contribution in [0, 0.1) is 0 Å². The molecule has 0 atom stereocenters. The monoisotopic (exact) mass is 228 g/mol. The topological polar surface area (TPSA) is 60.4 Å². The quantitative estimate of drug-likeness (QED) is 0.787. The van der Waals surface area contributed by atoms with E-state index < -0.39 is 13.4 Å². The summed E-state index contributed by atoms with van der Waals surface area (Å²) in [4.78, 5) is 8.44. The van der Waals surface area contributed by atoms with Gasteiger partial charge in [0.05, 0.1) is 6.16 Å². The minimum Gasteiger partial charge on any atom is -0.565 e. The fourth-order valence-electron chi connectivity index (χ4n) is 1.13. The number of carboxylic acid groups (broad SMARTS) is 2. The summed E-state index contributed by atoms with van der Waals surface area (Å²) in [5.41, 5.74) is 1.48. The van der Waals surface area contributed by atoms with Crippen molar-refractivity contribution in [2.75, 3.05) is 20.0 Å². The molecule has 1 aromatic rings. The van der Waals surface area contributed by atoms with E-state index in [4.69, 9.17) is 15.0 Å². The summed E-state index contributed by atoms with van der Waals surface area (Å²) in [6.07, 6.45) is -0.812. The molecule has 0 amide bonds. The Morgan fingerprint density at radius 1 is 1.27 bits per heavy atom. The van der Waals surface area contributed by atoms with Crippen molar-refractivity contribution in [3.05, 3.63) is 35.9 Å². The van der Waals surface area contributed by atoms with E-state index in [9.17, 15) is 0 Å². The van der Waals surface area contributed by atoms with Gasteiger partial charge in [0, 0.05) is 27.3 Å². The molecule has 0 fully saturated rings. The van der Waals surface area contributed by atoms with Crippen LogP contribution in [0.2, 0.25) is 0 Å². The Labute approximate surface area is 91.1 Å². The van der Waals surface area contributed by atoms with Crippen molar-refractivity contribution < 1.29 is 15.0 Å². The molecule has 1 aromatic carbocycles. The summed E-state index contributed by atoms with van der Waals surface area (Å²) in [6.45, 7) is 7.12. The molecule has 15 heavy (non-hydrogen) atoms. The lowest BCUT2D eigenvalue weighted by Crippen LogP contribution is -2.17. The van der Waals surface area contributed by atoms with Crippen LogP contribution in [0.5, 0.6) is 0 Å². The predicted molar refractivity (Wildman–Crippen MR) is 62.9 cm³/mol. The van der Waals surface area contributed by atoms with Crippen molar-refractivity contribution in [2.45, 2.75) is 6.16 Å². The molecule has 3 nitrogen and oxygen atoms in total. The molecule has 1 N–H and O–H groups in total. The SMILES string of the molecule is C[P+](C)(C)Cc1ccccc1.O=C([O-])O. The van der Waals surface area contributed by atoms with Gasteiger partial charge in [-0.2, -0.15) is 0 Å². The Bertz CT molecular complexity index is 286. The second-order valence-corrected chi connectivity index (χ2v) is 9.10. The van der Waals surface area contributed by atoms with Crippen molar-refractivity contribution in [2.24, 2.45) is 0 Å². The van der Waals surface area contributed by atoms with Crippen LogP contribution in [0.15, 0.2) is 30.3 Å². The molecule has 0 aliphatic heterocycles. The normalized spacial score (nSPS) is 10.1. The summed E-state index contributed by atoms with van der Waals surface area (Å²) < 4.78 is 0. The summed E-state index contributed by atoms with van der Waals surface area (Å²) in [5, 5.41) is 15.3. The van der Waals surface area contributed by atoms with E-state index in [0.29, 0.717) is 0 Å². The Balaban J connectivity index is 0.000000423. The zero-order valence-electron chi connectivity index (χ0n) is 9.30. The Hall–Kier alpha value is -1.08. The third-order valence-corrected chi connectivity index (χ3v) is 2.81. The molecule has 0 aromatic heterocycles. The molecule has 0 spiro atoms. The highest BCUT2D eigenvalue weighted by Crippen LogP contribution is 2.49. The summed E-state index contributed by atoms with van der Waals surface area (Å²) in [7, 11) is -0.638. The molecule has 0 bridgehead atoms. The highest BCUT2D eigenvalue weighted by atomic mass is 31.2. The number of hydrogen-bond acceptors (Lipinski definition) is 2. The van der Waals surface area contributed by atoms with Crippen molar-refractivity contribution in [1.82, 2.24) is 0 Å². The largest absolute Gasteiger partial charge is 0.565 e. The first-order chi connectivity index (χ1) is 6.81. The molecule has 0 radical (unpaired) electrons. The third kappa shape index (κ3) is 10.8. The van der Waals surface area contributed by atoms with Crippen molar-refractivity contribution >= 4 is 13.4 Å². The highest BCUT2D eigenvalue weighted by Gasteiger charge is 2.16. The molecule has 4 heteroatoms. The fourth-order valence-corrected chi connectivity index (χ4v) is 2.44. The van der Waals surface area contributed by atoms with Crippen LogP contribution < -0.4 is 5.11 Å². The first kappa shape index (κ1) is 13.9. The molecule has 0 saturated carbocycles. The average Bonchev–Trinajstić information content (AvgIpc) is 2.01. The lowest BCUT2D eigenvalue weighted by Gasteiger charge is -2.10. The third-order valence-electron chi connectivity index (χ3n) is 1.50. The molecule has 0 aliphatic rings. The molecule has 0 aliphatic carbocycles. The lowest BCUT2D eigenvalue weighted by atomic mass is 10.2. The first-order valence-corrected chi connectivity index (χ1v) is 7.87. The number of hydrogen-bond donors (Lipinski definition) is 1. The molecule has 84 valence electrons. The van der Waals surface area contributed by atoms with Crippen LogP contribution in [0.4, 0.5) is 4.79 Å².